The van der Waals surface area contributed by atoms with Crippen LogP contribution >= 0.6 is 23.1 Å². The number of carboxylic acid groups (broad SMARTS) is 1. The number of hydrogen-bond donors (Lipinski definition) is 4. The molecule has 5 N–H and O–H groups in total. The number of ether oxygens (including phenoxy) is 1. The Morgan fingerprint density at radius 1 is 1.46 bits per heavy atom. The Labute approximate surface area is 220 Å². The molecule has 15 heteroatoms. The number of amides is 2. The number of thioether (sulfide) groups is 1. The van der Waals surface area contributed by atoms with Crippen LogP contribution in [0.3, 0.4) is 0 Å². The summed E-state index contributed by atoms with van der Waals surface area (Å²) in [5, 5.41) is 21.0. The molecule has 4 rings (SSSR count). The molecular formula is C22H28N6O7S2. The van der Waals surface area contributed by atoms with E-state index in [9.17, 15) is 24.3 Å². The minimum Gasteiger partial charge on any atom is -0.478 e. The zero-order valence-electron chi connectivity index (χ0n) is 20.0. The lowest BCUT2D eigenvalue weighted by atomic mass is 9.92. The standard InChI is InChI=1S/C22H28N6O7S2/c1-2-22(20(32)33,15-11-37-21(23)27-15)35-25-7-16(29)26-14-6-24-4-3-13(14)19(31)34-9-12-8-28-17(30)5-18(28)36-10-12/h7-8,11,13-14,18,24H,2-6,9-10H2,1H3,(H2,23,27)(H,26,29)(H,32,33)/b25-7+. The summed E-state index contributed by atoms with van der Waals surface area (Å²) in [7, 11) is 0. The number of aromatic nitrogens is 1. The summed E-state index contributed by atoms with van der Waals surface area (Å²) in [6.45, 7) is 2.59. The average Bonchev–Trinajstić information content (AvgIpc) is 3.31. The van der Waals surface area contributed by atoms with Gasteiger partial charge in [-0.15, -0.1) is 23.1 Å². The molecule has 4 unspecified atom stereocenters. The molecule has 0 aliphatic carbocycles. The number of rotatable bonds is 10. The van der Waals surface area contributed by atoms with Crippen molar-refractivity contribution >= 4 is 58.2 Å². The van der Waals surface area contributed by atoms with Crippen molar-refractivity contribution in [2.45, 2.75) is 43.2 Å². The van der Waals surface area contributed by atoms with Crippen LogP contribution in [0, 0.1) is 5.92 Å². The van der Waals surface area contributed by atoms with Gasteiger partial charge in [0.2, 0.25) is 5.91 Å². The number of nitrogen functional groups attached to an aromatic ring is 1. The maximum Gasteiger partial charge on any atom is 0.357 e. The Balaban J connectivity index is 1.32. The van der Waals surface area contributed by atoms with E-state index in [1.54, 1.807) is 29.8 Å². The molecule has 0 spiro atoms. The number of nitrogens with zero attached hydrogens (tertiary/aromatic N) is 3. The van der Waals surface area contributed by atoms with E-state index < -0.39 is 35.4 Å². The van der Waals surface area contributed by atoms with Crippen molar-refractivity contribution in [2.24, 2.45) is 11.1 Å². The first-order chi connectivity index (χ1) is 17.7. The van der Waals surface area contributed by atoms with Crippen LogP contribution in [0.5, 0.6) is 0 Å². The molecule has 0 bridgehead atoms. The summed E-state index contributed by atoms with van der Waals surface area (Å²) in [5.41, 5.74) is 4.67. The van der Waals surface area contributed by atoms with Gasteiger partial charge in [0.05, 0.1) is 23.8 Å². The predicted octanol–water partition coefficient (Wildman–Crippen LogP) is 0.244. The van der Waals surface area contributed by atoms with Crippen LogP contribution in [-0.2, 0) is 34.4 Å². The van der Waals surface area contributed by atoms with Crippen LogP contribution in [-0.4, -0.2) is 81.8 Å². The lowest BCUT2D eigenvalue weighted by Crippen LogP contribution is -2.54. The molecule has 200 valence electrons. The number of β-lactam (4-membered cyclic amide) rings is 1. The highest BCUT2D eigenvalue weighted by molar-refractivity contribution is 8.00. The monoisotopic (exact) mass is 552 g/mol. The second-order valence-electron chi connectivity index (χ2n) is 8.76. The maximum atomic E-state index is 12.8. The van der Waals surface area contributed by atoms with Crippen LogP contribution < -0.4 is 16.4 Å². The molecule has 3 aliphatic rings. The van der Waals surface area contributed by atoms with Gasteiger partial charge in [-0.1, -0.05) is 12.1 Å². The topological polar surface area (TPSA) is 186 Å². The molecule has 0 saturated carbocycles. The molecule has 4 heterocycles. The number of anilines is 1. The number of esters is 1. The number of thiazole rings is 1. The molecule has 37 heavy (non-hydrogen) atoms. The lowest BCUT2D eigenvalue weighted by molar-refractivity contribution is -0.169. The van der Waals surface area contributed by atoms with Crippen molar-refractivity contribution < 1.29 is 33.9 Å². The first-order valence-corrected chi connectivity index (χ1v) is 13.6. The number of piperidine rings is 1. The summed E-state index contributed by atoms with van der Waals surface area (Å²) >= 11 is 2.70. The highest BCUT2D eigenvalue weighted by atomic mass is 32.2. The minimum atomic E-state index is -1.89. The average molecular weight is 553 g/mol. The van der Waals surface area contributed by atoms with Crippen molar-refractivity contribution in [1.29, 1.82) is 0 Å². The van der Waals surface area contributed by atoms with Crippen LogP contribution in [0.1, 0.15) is 31.9 Å². The maximum absolute atomic E-state index is 12.8. The Kier molecular flexibility index (Phi) is 8.34. The van der Waals surface area contributed by atoms with E-state index in [2.05, 4.69) is 20.8 Å². The normalized spacial score (nSPS) is 24.9. The van der Waals surface area contributed by atoms with Crippen molar-refractivity contribution in [3.05, 3.63) is 22.8 Å². The Hall–Kier alpha value is -3.17. The first kappa shape index (κ1) is 26.9. The molecule has 2 saturated heterocycles. The highest BCUT2D eigenvalue weighted by Crippen LogP contribution is 2.35. The third kappa shape index (κ3) is 5.88. The zero-order valence-corrected chi connectivity index (χ0v) is 21.7. The summed E-state index contributed by atoms with van der Waals surface area (Å²) in [4.78, 5) is 59.9. The second-order valence-corrected chi connectivity index (χ2v) is 10.8. The van der Waals surface area contributed by atoms with E-state index >= 15 is 0 Å². The van der Waals surface area contributed by atoms with Crippen molar-refractivity contribution in [2.75, 3.05) is 31.2 Å². The highest BCUT2D eigenvalue weighted by Gasteiger charge is 2.45. The van der Waals surface area contributed by atoms with Crippen molar-refractivity contribution in [1.82, 2.24) is 20.5 Å². The van der Waals surface area contributed by atoms with Gasteiger partial charge in [-0.3, -0.25) is 14.4 Å². The number of carbonyl (C=O) groups is 4. The van der Waals surface area contributed by atoms with Gasteiger partial charge in [0.15, 0.2) is 5.13 Å². The van der Waals surface area contributed by atoms with E-state index in [1.807, 2.05) is 0 Å². The molecule has 13 nitrogen and oxygen atoms in total. The van der Waals surface area contributed by atoms with Crippen molar-refractivity contribution in [3.63, 3.8) is 0 Å². The fourth-order valence-electron chi connectivity index (χ4n) is 4.22. The first-order valence-electron chi connectivity index (χ1n) is 11.7. The third-order valence-corrected chi connectivity index (χ3v) is 8.39. The summed E-state index contributed by atoms with van der Waals surface area (Å²) in [6.07, 6.45) is 3.57. The Morgan fingerprint density at radius 2 is 2.27 bits per heavy atom. The van der Waals surface area contributed by atoms with Crippen LogP contribution in [0.4, 0.5) is 5.13 Å². The smallest absolute Gasteiger partial charge is 0.357 e. The molecule has 1 aromatic heterocycles. The number of nitrogens with one attached hydrogen (secondary N) is 2. The lowest BCUT2D eigenvalue weighted by Gasteiger charge is -2.41. The van der Waals surface area contributed by atoms with E-state index in [4.69, 9.17) is 15.3 Å². The molecule has 2 fully saturated rings. The van der Waals surface area contributed by atoms with Gasteiger partial charge in [0, 0.05) is 30.3 Å². The van der Waals surface area contributed by atoms with Gasteiger partial charge >= 0.3 is 11.9 Å². The van der Waals surface area contributed by atoms with E-state index in [0.29, 0.717) is 31.7 Å². The molecule has 4 atom stereocenters. The second kappa shape index (κ2) is 11.5. The van der Waals surface area contributed by atoms with Crippen LogP contribution in [0.15, 0.2) is 22.3 Å². The summed E-state index contributed by atoms with van der Waals surface area (Å²) < 4.78 is 5.52. The van der Waals surface area contributed by atoms with Crippen LogP contribution in [0.25, 0.3) is 0 Å². The number of fused-ring (bicyclic) bond motifs is 1. The minimum absolute atomic E-state index is 0.00750. The number of aliphatic carboxylic acids is 1. The van der Waals surface area contributed by atoms with Crippen LogP contribution in [0.2, 0.25) is 0 Å². The number of carbonyl (C=O) groups excluding carboxylic acids is 3. The molecule has 3 aliphatic heterocycles. The van der Waals surface area contributed by atoms with Gasteiger partial charge in [-0.25, -0.2) is 9.78 Å². The zero-order chi connectivity index (χ0) is 26.6. The summed E-state index contributed by atoms with van der Waals surface area (Å²) in [6, 6.07) is -0.565. The van der Waals surface area contributed by atoms with Gasteiger partial charge in [0.1, 0.15) is 18.5 Å². The molecule has 0 aromatic carbocycles. The van der Waals surface area contributed by atoms with Gasteiger partial charge < -0.3 is 35.9 Å². The molecule has 0 radical (unpaired) electrons. The van der Waals surface area contributed by atoms with Gasteiger partial charge in [0.25, 0.3) is 11.5 Å². The van der Waals surface area contributed by atoms with Gasteiger partial charge in [-0.05, 0) is 18.5 Å². The summed E-state index contributed by atoms with van der Waals surface area (Å²) in [5.74, 6) is -2.26. The quantitative estimate of drug-likeness (QED) is 0.135. The van der Waals surface area contributed by atoms with E-state index in [0.717, 1.165) is 23.1 Å². The van der Waals surface area contributed by atoms with Crippen molar-refractivity contribution in [3.8, 4) is 0 Å². The van der Waals surface area contributed by atoms with Gasteiger partial charge in [-0.2, -0.15) is 0 Å². The van der Waals surface area contributed by atoms with E-state index in [1.165, 1.54) is 5.38 Å². The molecule has 2 amide bonds. The third-order valence-electron chi connectivity index (χ3n) is 6.40. The predicted molar refractivity (Wildman–Crippen MR) is 135 cm³/mol. The Bertz CT molecular complexity index is 1120. The largest absolute Gasteiger partial charge is 0.478 e. The number of oxime groups is 1. The van der Waals surface area contributed by atoms with E-state index in [-0.39, 0.29) is 35.1 Å². The number of nitrogens with two attached hydrogens (primary N) is 1. The molecule has 1 aromatic rings. The molecular weight excluding hydrogens is 524 g/mol. The Morgan fingerprint density at radius 3 is 2.95 bits per heavy atom. The SMILES string of the molecule is CCC(O/N=C/C(=O)NC1CNCCC1C(=O)OCC1=CN2C(=O)CC2SC1)(C(=O)O)c1csc(N)n1. The number of hydrogen-bond acceptors (Lipinski definition) is 12. The number of carboxylic acids is 1. The fraction of sp³-hybridized carbons (Fsp3) is 0.545. The fourth-order valence-corrected chi connectivity index (χ4v) is 6.01.